The van der Waals surface area contributed by atoms with E-state index >= 15 is 0 Å². The van der Waals surface area contributed by atoms with Crippen molar-refractivity contribution in [2.45, 2.75) is 39.0 Å². The van der Waals surface area contributed by atoms with Crippen molar-refractivity contribution in [1.82, 2.24) is 20.1 Å². The molecule has 3 N–H and O–H groups in total. The van der Waals surface area contributed by atoms with Gasteiger partial charge in [0.15, 0.2) is 5.65 Å². The number of ether oxygens (including phenoxy) is 1. The monoisotopic (exact) mass is 470 g/mol. The van der Waals surface area contributed by atoms with Crippen molar-refractivity contribution < 1.29 is 17.9 Å². The number of nitrogens with two attached hydrogens (primary N) is 1. The number of carbonyl (C=O) groups is 1. The Morgan fingerprint density at radius 3 is 2.76 bits per heavy atom. The minimum atomic E-state index is -3.64. The van der Waals surface area contributed by atoms with Crippen molar-refractivity contribution in [3.05, 3.63) is 52.3 Å². The largest absolute Gasteiger partial charge is 0.490 e. The standard InChI is InChI=1S/C22H26N6O4S/c1-12-9-15(17-13(2)26-28(5)20(17)24-12)21(29)25-22(3,4)11-32-16-8-6-7-14-10-33(30,31)27-19(23)18(14)16/h6-9H,10-11H2,1-5H3,(H2,23,27)(H,25,29). The van der Waals surface area contributed by atoms with Crippen molar-refractivity contribution in [3.8, 4) is 5.75 Å². The Labute approximate surface area is 191 Å². The molecule has 174 valence electrons. The second-order valence-electron chi connectivity index (χ2n) is 8.84. The molecule has 1 amide bonds. The Bertz CT molecular complexity index is 1420. The lowest BCUT2D eigenvalue weighted by Crippen LogP contribution is -2.48. The molecule has 33 heavy (non-hydrogen) atoms. The van der Waals surface area contributed by atoms with E-state index in [-0.39, 0.29) is 24.1 Å². The number of amidine groups is 1. The fourth-order valence-corrected chi connectivity index (χ4v) is 5.04. The molecule has 1 aromatic carbocycles. The maximum absolute atomic E-state index is 13.2. The predicted octanol–water partition coefficient (Wildman–Crippen LogP) is 1.72. The summed E-state index contributed by atoms with van der Waals surface area (Å²) in [5, 5.41) is 8.11. The van der Waals surface area contributed by atoms with Gasteiger partial charge >= 0.3 is 0 Å². The van der Waals surface area contributed by atoms with E-state index in [1.807, 2.05) is 27.7 Å². The molecule has 3 aromatic rings. The summed E-state index contributed by atoms with van der Waals surface area (Å²) in [5.41, 5.74) is 8.72. The summed E-state index contributed by atoms with van der Waals surface area (Å²) in [4.78, 5) is 17.7. The lowest BCUT2D eigenvalue weighted by Gasteiger charge is -2.28. The van der Waals surface area contributed by atoms with E-state index in [1.165, 1.54) is 0 Å². The number of hydrogen-bond donors (Lipinski definition) is 2. The zero-order chi connectivity index (χ0) is 24.1. The van der Waals surface area contributed by atoms with Crippen LogP contribution in [-0.4, -0.2) is 47.1 Å². The fourth-order valence-electron chi connectivity index (χ4n) is 3.95. The molecule has 1 aliphatic rings. The Morgan fingerprint density at radius 2 is 2.03 bits per heavy atom. The van der Waals surface area contributed by atoms with Gasteiger partial charge in [-0.25, -0.2) is 13.4 Å². The Balaban J connectivity index is 1.56. The summed E-state index contributed by atoms with van der Waals surface area (Å²) < 4.78 is 35.0. The van der Waals surface area contributed by atoms with Gasteiger partial charge in [-0.2, -0.15) is 5.10 Å². The first-order valence-corrected chi connectivity index (χ1v) is 11.9. The molecule has 0 radical (unpaired) electrons. The van der Waals surface area contributed by atoms with Crippen molar-refractivity contribution in [2.24, 2.45) is 17.2 Å². The van der Waals surface area contributed by atoms with Gasteiger partial charge < -0.3 is 15.8 Å². The van der Waals surface area contributed by atoms with E-state index in [0.29, 0.717) is 39.2 Å². The van der Waals surface area contributed by atoms with Crippen LogP contribution < -0.4 is 15.8 Å². The molecule has 0 saturated heterocycles. The van der Waals surface area contributed by atoms with Gasteiger partial charge in [0.25, 0.3) is 15.9 Å². The zero-order valence-electron chi connectivity index (χ0n) is 19.1. The molecular weight excluding hydrogens is 444 g/mol. The van der Waals surface area contributed by atoms with Gasteiger partial charge in [0.05, 0.1) is 33.5 Å². The Morgan fingerprint density at radius 1 is 1.30 bits per heavy atom. The molecule has 0 aliphatic carbocycles. The van der Waals surface area contributed by atoms with Gasteiger partial charge in [0.2, 0.25) is 0 Å². The predicted molar refractivity (Wildman–Crippen MR) is 125 cm³/mol. The smallest absolute Gasteiger partial charge is 0.259 e. The highest BCUT2D eigenvalue weighted by Crippen LogP contribution is 2.29. The number of benzene rings is 1. The zero-order valence-corrected chi connectivity index (χ0v) is 19.9. The average Bonchev–Trinajstić information content (AvgIpc) is 2.97. The molecule has 0 unspecified atom stereocenters. The first-order chi connectivity index (χ1) is 15.4. The van der Waals surface area contributed by atoms with E-state index in [4.69, 9.17) is 10.5 Å². The van der Waals surface area contributed by atoms with Gasteiger partial charge in [-0.1, -0.05) is 12.1 Å². The molecule has 0 fully saturated rings. The van der Waals surface area contributed by atoms with Gasteiger partial charge in [-0.15, -0.1) is 4.40 Å². The summed E-state index contributed by atoms with van der Waals surface area (Å²) in [6.07, 6.45) is 0. The minimum Gasteiger partial charge on any atom is -0.490 e. The van der Waals surface area contributed by atoms with Crippen LogP contribution in [0.5, 0.6) is 5.75 Å². The van der Waals surface area contributed by atoms with E-state index in [9.17, 15) is 13.2 Å². The summed E-state index contributed by atoms with van der Waals surface area (Å²) in [6.45, 7) is 7.47. The van der Waals surface area contributed by atoms with Crippen molar-refractivity contribution in [1.29, 1.82) is 0 Å². The lowest BCUT2D eigenvalue weighted by molar-refractivity contribution is 0.0882. The normalized spacial score (nSPS) is 15.1. The number of sulfonamides is 1. The second-order valence-corrected chi connectivity index (χ2v) is 10.5. The van der Waals surface area contributed by atoms with Crippen LogP contribution in [-0.2, 0) is 22.8 Å². The van der Waals surface area contributed by atoms with Gasteiger partial charge in [-0.3, -0.25) is 9.48 Å². The molecule has 0 spiro atoms. The van der Waals surface area contributed by atoms with Crippen LogP contribution >= 0.6 is 0 Å². The van der Waals surface area contributed by atoms with E-state index < -0.39 is 15.6 Å². The van der Waals surface area contributed by atoms with Crippen LogP contribution in [0.2, 0.25) is 0 Å². The van der Waals surface area contributed by atoms with E-state index in [1.54, 1.807) is 36.0 Å². The number of carbonyl (C=O) groups excluding carboxylic acids is 1. The number of rotatable bonds is 5. The van der Waals surface area contributed by atoms with E-state index in [2.05, 4.69) is 19.8 Å². The molecular formula is C22H26N6O4S. The summed E-state index contributed by atoms with van der Waals surface area (Å²) in [7, 11) is -1.84. The maximum atomic E-state index is 13.2. The highest BCUT2D eigenvalue weighted by Gasteiger charge is 2.28. The number of fused-ring (bicyclic) bond motifs is 2. The number of aromatic nitrogens is 3. The molecule has 2 aromatic heterocycles. The minimum absolute atomic E-state index is 0.101. The van der Waals surface area contributed by atoms with Crippen LogP contribution in [0.15, 0.2) is 28.7 Å². The van der Waals surface area contributed by atoms with Gasteiger partial charge in [-0.05, 0) is 45.4 Å². The van der Waals surface area contributed by atoms with Crippen LogP contribution in [0.3, 0.4) is 0 Å². The van der Waals surface area contributed by atoms with Crippen molar-refractivity contribution in [3.63, 3.8) is 0 Å². The number of pyridine rings is 1. The Hall–Kier alpha value is -3.47. The van der Waals surface area contributed by atoms with Crippen LogP contribution in [0.25, 0.3) is 11.0 Å². The molecule has 10 nitrogen and oxygen atoms in total. The first kappa shape index (κ1) is 22.7. The third-order valence-corrected chi connectivity index (χ3v) is 6.48. The molecule has 0 bridgehead atoms. The third kappa shape index (κ3) is 4.40. The number of nitrogens with zero attached hydrogens (tertiary/aromatic N) is 4. The van der Waals surface area contributed by atoms with Crippen LogP contribution in [0.4, 0.5) is 0 Å². The second kappa shape index (κ2) is 7.84. The van der Waals surface area contributed by atoms with Gasteiger partial charge in [0.1, 0.15) is 18.2 Å². The van der Waals surface area contributed by atoms with Gasteiger partial charge in [0, 0.05) is 12.7 Å². The third-order valence-electron chi connectivity index (χ3n) is 5.33. The highest BCUT2D eigenvalue weighted by atomic mass is 32.2. The number of aryl methyl sites for hydroxylation is 3. The molecule has 3 heterocycles. The van der Waals surface area contributed by atoms with Crippen molar-refractivity contribution in [2.75, 3.05) is 6.61 Å². The maximum Gasteiger partial charge on any atom is 0.259 e. The quantitative estimate of drug-likeness (QED) is 0.578. The molecule has 0 saturated carbocycles. The lowest BCUT2D eigenvalue weighted by atomic mass is 10.0. The Kier molecular flexibility index (Phi) is 5.39. The first-order valence-electron chi connectivity index (χ1n) is 10.3. The topological polar surface area (TPSA) is 142 Å². The number of nitrogens with one attached hydrogen (secondary N) is 1. The fraction of sp³-hybridized carbons (Fsp3) is 0.364. The summed E-state index contributed by atoms with van der Waals surface area (Å²) >= 11 is 0. The summed E-state index contributed by atoms with van der Waals surface area (Å²) in [5.74, 6) is -0.188. The van der Waals surface area contributed by atoms with Crippen molar-refractivity contribution >= 4 is 32.8 Å². The molecule has 1 aliphatic heterocycles. The van der Waals surface area contributed by atoms with Crippen LogP contribution in [0, 0.1) is 13.8 Å². The SMILES string of the molecule is Cc1cc(C(=O)NC(C)(C)COc2cccc3c2C(N)=NS(=O)(=O)C3)c2c(C)nn(C)c2n1. The number of hydrogen-bond acceptors (Lipinski definition) is 7. The van der Waals surface area contributed by atoms with Crippen LogP contribution in [0.1, 0.15) is 46.7 Å². The highest BCUT2D eigenvalue weighted by molar-refractivity contribution is 7.89. The molecule has 0 atom stereocenters. The average molecular weight is 471 g/mol. The molecule has 4 rings (SSSR count). The summed E-state index contributed by atoms with van der Waals surface area (Å²) in [6, 6.07) is 6.83. The van der Waals surface area contributed by atoms with E-state index in [0.717, 1.165) is 5.69 Å². The number of amides is 1. The molecule has 11 heteroatoms.